The number of nitrogens with one attached hydrogen (secondary N) is 1. The van der Waals surface area contributed by atoms with Crippen molar-refractivity contribution in [1.29, 1.82) is 0 Å². The van der Waals surface area contributed by atoms with Gasteiger partial charge in [0, 0.05) is 18.3 Å². The second kappa shape index (κ2) is 8.81. The first kappa shape index (κ1) is 22.4. The van der Waals surface area contributed by atoms with E-state index >= 15 is 0 Å². The van der Waals surface area contributed by atoms with Gasteiger partial charge in [-0.15, -0.1) is 0 Å². The molecule has 0 aliphatic carbocycles. The van der Waals surface area contributed by atoms with Crippen LogP contribution >= 0.6 is 34.8 Å². The van der Waals surface area contributed by atoms with Crippen LogP contribution in [0.2, 0.25) is 15.1 Å². The SMILES string of the molecule is Cc1cc(S(=O)(=O)Nc2cc(Cl)cnc2C(=O)N(C)c2ccccc2Cl)ccc1Cl. The minimum Gasteiger partial charge on any atom is -0.309 e. The molecule has 1 N–H and O–H groups in total. The second-order valence-electron chi connectivity index (χ2n) is 6.38. The zero-order valence-electron chi connectivity index (χ0n) is 15.9. The Hall–Kier alpha value is -2.32. The highest BCUT2D eigenvalue weighted by Gasteiger charge is 2.24. The van der Waals surface area contributed by atoms with Gasteiger partial charge in [-0.25, -0.2) is 13.4 Å². The Morgan fingerprint density at radius 1 is 1.03 bits per heavy atom. The summed E-state index contributed by atoms with van der Waals surface area (Å²) in [5.74, 6) is -0.565. The molecule has 0 aliphatic rings. The van der Waals surface area contributed by atoms with Gasteiger partial charge in [0.05, 0.1) is 26.3 Å². The summed E-state index contributed by atoms with van der Waals surface area (Å²) in [5.41, 5.74) is 0.858. The Balaban J connectivity index is 2.00. The molecule has 3 aromatic rings. The van der Waals surface area contributed by atoms with Crippen molar-refractivity contribution in [3.05, 3.63) is 81.1 Å². The first-order chi connectivity index (χ1) is 14.1. The summed E-state index contributed by atoms with van der Waals surface area (Å²) in [6.07, 6.45) is 1.26. The van der Waals surface area contributed by atoms with Crippen molar-refractivity contribution >= 4 is 62.1 Å². The Bertz CT molecular complexity index is 1230. The lowest BCUT2D eigenvalue weighted by Crippen LogP contribution is -2.29. The molecular weight excluding hydrogens is 469 g/mol. The van der Waals surface area contributed by atoms with Crippen molar-refractivity contribution in [1.82, 2.24) is 4.98 Å². The number of aryl methyl sites for hydroxylation is 1. The lowest BCUT2D eigenvalue weighted by Gasteiger charge is -2.20. The number of sulfonamides is 1. The lowest BCUT2D eigenvalue weighted by molar-refractivity contribution is 0.0989. The van der Waals surface area contributed by atoms with Crippen molar-refractivity contribution in [3.8, 4) is 0 Å². The molecule has 30 heavy (non-hydrogen) atoms. The molecule has 0 bridgehead atoms. The van der Waals surface area contributed by atoms with Gasteiger partial charge in [-0.3, -0.25) is 9.52 Å². The summed E-state index contributed by atoms with van der Waals surface area (Å²) >= 11 is 18.2. The minimum atomic E-state index is -4.03. The number of amides is 1. The van der Waals surface area contributed by atoms with Crippen LogP contribution in [0.4, 0.5) is 11.4 Å². The van der Waals surface area contributed by atoms with Crippen LogP contribution in [0, 0.1) is 6.92 Å². The molecule has 1 heterocycles. The van der Waals surface area contributed by atoms with Gasteiger partial charge >= 0.3 is 0 Å². The summed E-state index contributed by atoms with van der Waals surface area (Å²) < 4.78 is 28.1. The number of anilines is 2. The zero-order valence-corrected chi connectivity index (χ0v) is 18.9. The van der Waals surface area contributed by atoms with Gasteiger partial charge in [-0.1, -0.05) is 46.9 Å². The second-order valence-corrected chi connectivity index (χ2v) is 9.32. The number of para-hydroxylation sites is 1. The number of carbonyl (C=O) groups is 1. The molecular formula is C20H16Cl3N3O3S. The van der Waals surface area contributed by atoms with Crippen molar-refractivity contribution < 1.29 is 13.2 Å². The Morgan fingerprint density at radius 2 is 1.73 bits per heavy atom. The predicted molar refractivity (Wildman–Crippen MR) is 120 cm³/mol. The number of rotatable bonds is 5. The molecule has 156 valence electrons. The van der Waals surface area contributed by atoms with Gasteiger partial charge in [0.1, 0.15) is 0 Å². The monoisotopic (exact) mass is 483 g/mol. The maximum absolute atomic E-state index is 13.1. The first-order valence-electron chi connectivity index (χ1n) is 8.57. The van der Waals surface area contributed by atoms with E-state index in [0.29, 0.717) is 21.3 Å². The first-order valence-corrected chi connectivity index (χ1v) is 11.2. The van der Waals surface area contributed by atoms with Crippen molar-refractivity contribution in [2.75, 3.05) is 16.7 Å². The van der Waals surface area contributed by atoms with E-state index in [0.717, 1.165) is 0 Å². The number of aromatic nitrogens is 1. The van der Waals surface area contributed by atoms with Gasteiger partial charge in [-0.2, -0.15) is 0 Å². The van der Waals surface area contributed by atoms with E-state index in [2.05, 4.69) is 9.71 Å². The highest BCUT2D eigenvalue weighted by molar-refractivity contribution is 7.92. The minimum absolute atomic E-state index is 0.0118. The summed E-state index contributed by atoms with van der Waals surface area (Å²) in [7, 11) is -2.51. The van der Waals surface area contributed by atoms with Crippen molar-refractivity contribution in [3.63, 3.8) is 0 Å². The quantitative estimate of drug-likeness (QED) is 0.524. The highest BCUT2D eigenvalue weighted by atomic mass is 35.5. The summed E-state index contributed by atoms with van der Waals surface area (Å²) in [6.45, 7) is 1.69. The number of hydrogen-bond acceptors (Lipinski definition) is 4. The molecule has 6 nitrogen and oxygen atoms in total. The molecule has 1 amide bonds. The van der Waals surface area contributed by atoms with Gasteiger partial charge < -0.3 is 4.90 Å². The van der Waals surface area contributed by atoms with Crippen LogP contribution in [0.25, 0.3) is 0 Å². The number of halogens is 3. The molecule has 0 saturated carbocycles. The normalized spacial score (nSPS) is 11.2. The van der Waals surface area contributed by atoms with E-state index in [1.165, 1.54) is 42.4 Å². The molecule has 0 atom stereocenters. The van der Waals surface area contributed by atoms with Gasteiger partial charge in [-0.05, 0) is 48.9 Å². The number of benzene rings is 2. The number of nitrogens with zero attached hydrogens (tertiary/aromatic N) is 2. The third kappa shape index (κ3) is 4.70. The van der Waals surface area contributed by atoms with Crippen LogP contribution in [0.1, 0.15) is 16.1 Å². The van der Waals surface area contributed by atoms with E-state index in [1.807, 2.05) is 0 Å². The van der Waals surface area contributed by atoms with E-state index in [9.17, 15) is 13.2 Å². The molecule has 3 rings (SSSR count). The van der Waals surface area contributed by atoms with Crippen LogP contribution in [0.3, 0.4) is 0 Å². The third-order valence-electron chi connectivity index (χ3n) is 4.26. The topological polar surface area (TPSA) is 79.4 Å². The summed E-state index contributed by atoms with van der Waals surface area (Å²) in [6, 6.07) is 12.4. The van der Waals surface area contributed by atoms with Crippen LogP contribution in [-0.4, -0.2) is 26.4 Å². The lowest BCUT2D eigenvalue weighted by atomic mass is 10.2. The molecule has 0 spiro atoms. The summed E-state index contributed by atoms with van der Waals surface area (Å²) in [4.78, 5) is 18.4. The average molecular weight is 485 g/mol. The van der Waals surface area contributed by atoms with Gasteiger partial charge in [0.2, 0.25) is 0 Å². The molecule has 2 aromatic carbocycles. The summed E-state index contributed by atoms with van der Waals surface area (Å²) in [5, 5.41) is 0.966. The number of hydrogen-bond donors (Lipinski definition) is 1. The Kier molecular flexibility index (Phi) is 6.57. The molecule has 0 saturated heterocycles. The Morgan fingerprint density at radius 3 is 2.40 bits per heavy atom. The fourth-order valence-electron chi connectivity index (χ4n) is 2.67. The van der Waals surface area contributed by atoms with E-state index in [1.54, 1.807) is 31.2 Å². The Labute approximate surface area is 189 Å². The molecule has 10 heteroatoms. The maximum atomic E-state index is 13.1. The average Bonchev–Trinajstić information content (AvgIpc) is 2.69. The standard InChI is InChI=1S/C20H16Cl3N3O3S/c1-12-9-14(7-8-15(12)22)30(28,29)25-17-10-13(21)11-24-19(17)20(27)26(2)18-6-4-3-5-16(18)23/h3-11,25H,1-2H3. The highest BCUT2D eigenvalue weighted by Crippen LogP contribution is 2.29. The van der Waals surface area contributed by atoms with Crippen LogP contribution in [-0.2, 0) is 10.0 Å². The fraction of sp³-hybridized carbons (Fsp3) is 0.100. The van der Waals surface area contributed by atoms with E-state index < -0.39 is 15.9 Å². The smallest absolute Gasteiger partial charge is 0.278 e. The van der Waals surface area contributed by atoms with Gasteiger partial charge in [0.15, 0.2) is 5.69 Å². The van der Waals surface area contributed by atoms with E-state index in [4.69, 9.17) is 34.8 Å². The van der Waals surface area contributed by atoms with E-state index in [-0.39, 0.29) is 21.3 Å². The molecule has 0 radical (unpaired) electrons. The predicted octanol–water partition coefficient (Wildman–Crippen LogP) is 5.43. The number of pyridine rings is 1. The van der Waals surface area contributed by atoms with Crippen LogP contribution in [0.5, 0.6) is 0 Å². The molecule has 1 aromatic heterocycles. The molecule has 0 fully saturated rings. The molecule has 0 aliphatic heterocycles. The van der Waals surface area contributed by atoms with Gasteiger partial charge in [0.25, 0.3) is 15.9 Å². The molecule has 0 unspecified atom stereocenters. The third-order valence-corrected chi connectivity index (χ3v) is 6.57. The largest absolute Gasteiger partial charge is 0.309 e. The fourth-order valence-corrected chi connectivity index (χ4v) is 4.35. The van der Waals surface area contributed by atoms with Crippen molar-refractivity contribution in [2.45, 2.75) is 11.8 Å². The number of carbonyl (C=O) groups excluding carboxylic acids is 1. The van der Waals surface area contributed by atoms with Crippen LogP contribution < -0.4 is 9.62 Å². The van der Waals surface area contributed by atoms with Crippen LogP contribution in [0.15, 0.2) is 59.6 Å². The zero-order chi connectivity index (χ0) is 22.1. The van der Waals surface area contributed by atoms with Crippen molar-refractivity contribution in [2.24, 2.45) is 0 Å². The maximum Gasteiger partial charge on any atom is 0.278 e.